The fourth-order valence-electron chi connectivity index (χ4n) is 4.14. The van der Waals surface area contributed by atoms with Crippen LogP contribution in [0.1, 0.15) is 35.7 Å². The maximum absolute atomic E-state index is 12.7. The molecule has 6 heteroatoms. The van der Waals surface area contributed by atoms with Gasteiger partial charge in [0.15, 0.2) is 0 Å². The summed E-state index contributed by atoms with van der Waals surface area (Å²) in [5, 5.41) is 0. The number of aryl methyl sites for hydroxylation is 1. The number of aromatic nitrogens is 2. The molecule has 1 unspecified atom stereocenters. The number of hydrogen-bond acceptors (Lipinski definition) is 5. The van der Waals surface area contributed by atoms with Crippen LogP contribution in [0.2, 0.25) is 0 Å². The number of anilines is 2. The minimum atomic E-state index is 0.0577. The van der Waals surface area contributed by atoms with Crippen LogP contribution in [0.4, 0.5) is 11.6 Å². The molecule has 1 atom stereocenters. The van der Waals surface area contributed by atoms with Gasteiger partial charge in [-0.25, -0.2) is 9.97 Å². The molecule has 0 bridgehead atoms. The van der Waals surface area contributed by atoms with Crippen molar-refractivity contribution in [1.29, 1.82) is 0 Å². The molecule has 0 N–H and O–H groups in total. The highest BCUT2D eigenvalue weighted by atomic mass is 16.2. The van der Waals surface area contributed by atoms with Gasteiger partial charge in [0.1, 0.15) is 0 Å². The fraction of sp³-hybridized carbons (Fsp3) is 0.500. The number of nitrogens with zero attached hydrogens (tertiary/aromatic N) is 5. The van der Waals surface area contributed by atoms with Crippen LogP contribution in [-0.4, -0.2) is 60.0 Å². The topological polar surface area (TPSA) is 52.6 Å². The Balaban J connectivity index is 1.36. The predicted molar refractivity (Wildman–Crippen MR) is 112 cm³/mol. The molecule has 0 saturated carbocycles. The number of amides is 1. The van der Waals surface area contributed by atoms with Crippen LogP contribution in [0.25, 0.3) is 0 Å². The van der Waals surface area contributed by atoms with E-state index in [1.54, 1.807) is 12.4 Å². The van der Waals surface area contributed by atoms with Gasteiger partial charge in [-0.3, -0.25) is 4.79 Å². The van der Waals surface area contributed by atoms with Crippen molar-refractivity contribution in [3.63, 3.8) is 0 Å². The molecule has 6 nitrogen and oxygen atoms in total. The van der Waals surface area contributed by atoms with Crippen LogP contribution >= 0.6 is 0 Å². The number of piperidine rings is 1. The van der Waals surface area contributed by atoms with Crippen molar-refractivity contribution < 1.29 is 4.79 Å². The number of rotatable bonds is 3. The zero-order chi connectivity index (χ0) is 19.5. The number of hydrogen-bond donors (Lipinski definition) is 0. The summed E-state index contributed by atoms with van der Waals surface area (Å²) < 4.78 is 0. The maximum Gasteiger partial charge on any atom is 0.257 e. The van der Waals surface area contributed by atoms with Crippen molar-refractivity contribution in [1.82, 2.24) is 14.9 Å². The second-order valence-electron chi connectivity index (χ2n) is 8.08. The van der Waals surface area contributed by atoms with Gasteiger partial charge in [0.2, 0.25) is 5.95 Å². The van der Waals surface area contributed by atoms with E-state index in [9.17, 15) is 4.79 Å². The lowest BCUT2D eigenvalue weighted by Crippen LogP contribution is -2.47. The smallest absolute Gasteiger partial charge is 0.257 e. The summed E-state index contributed by atoms with van der Waals surface area (Å²) in [5.74, 6) is 1.34. The Morgan fingerprint density at radius 2 is 1.75 bits per heavy atom. The second-order valence-corrected chi connectivity index (χ2v) is 8.08. The molecule has 2 saturated heterocycles. The zero-order valence-electron chi connectivity index (χ0n) is 16.8. The number of carbonyl (C=O) groups is 1. The van der Waals surface area contributed by atoms with E-state index in [2.05, 4.69) is 57.9 Å². The van der Waals surface area contributed by atoms with Gasteiger partial charge in [0, 0.05) is 57.3 Å². The minimum absolute atomic E-state index is 0.0577. The van der Waals surface area contributed by atoms with Gasteiger partial charge in [-0.05, 0) is 43.4 Å². The fourth-order valence-corrected chi connectivity index (χ4v) is 4.14. The van der Waals surface area contributed by atoms with Gasteiger partial charge in [-0.2, -0.15) is 0 Å². The lowest BCUT2D eigenvalue weighted by molar-refractivity contribution is 0.0682. The van der Waals surface area contributed by atoms with Crippen LogP contribution in [0.15, 0.2) is 36.7 Å². The van der Waals surface area contributed by atoms with Gasteiger partial charge >= 0.3 is 0 Å². The van der Waals surface area contributed by atoms with Gasteiger partial charge < -0.3 is 14.7 Å². The van der Waals surface area contributed by atoms with Crippen molar-refractivity contribution >= 4 is 17.5 Å². The van der Waals surface area contributed by atoms with Crippen molar-refractivity contribution in [3.05, 3.63) is 47.8 Å². The first-order valence-corrected chi connectivity index (χ1v) is 10.3. The normalized spacial score (nSPS) is 20.4. The number of piperazine rings is 1. The molecule has 0 spiro atoms. The minimum Gasteiger partial charge on any atom is -0.368 e. The molecule has 1 amide bonds. The van der Waals surface area contributed by atoms with Crippen LogP contribution in [-0.2, 0) is 0 Å². The van der Waals surface area contributed by atoms with Crippen LogP contribution in [0, 0.1) is 12.8 Å². The molecule has 2 aliphatic rings. The molecule has 1 aromatic carbocycles. The largest absolute Gasteiger partial charge is 0.368 e. The third kappa shape index (κ3) is 4.11. The SMILES string of the molecule is Cc1cccc(N2CCN(c3ncc(C(=O)N4CCCC(C)C4)cn3)CC2)c1. The Bertz CT molecular complexity index is 814. The highest BCUT2D eigenvalue weighted by Gasteiger charge is 2.24. The van der Waals surface area contributed by atoms with Crippen molar-refractivity contribution in [2.24, 2.45) is 5.92 Å². The molecular formula is C22H29N5O. The molecule has 1 aromatic heterocycles. The van der Waals surface area contributed by atoms with E-state index in [0.29, 0.717) is 17.4 Å². The first-order valence-electron chi connectivity index (χ1n) is 10.3. The Morgan fingerprint density at radius 1 is 1.04 bits per heavy atom. The highest BCUT2D eigenvalue weighted by molar-refractivity contribution is 5.93. The standard InChI is InChI=1S/C22H29N5O/c1-17-5-3-7-20(13-17)25-9-11-26(12-10-25)22-23-14-19(15-24-22)21(28)27-8-4-6-18(2)16-27/h3,5,7,13-15,18H,4,6,8-12,16H2,1-2H3. The van der Waals surface area contributed by atoms with E-state index in [1.807, 2.05) is 4.90 Å². The quantitative estimate of drug-likeness (QED) is 0.821. The lowest BCUT2D eigenvalue weighted by atomic mass is 10.00. The third-order valence-corrected chi connectivity index (χ3v) is 5.76. The first-order chi connectivity index (χ1) is 13.6. The Hall–Kier alpha value is -2.63. The van der Waals surface area contributed by atoms with Gasteiger partial charge in [0.05, 0.1) is 5.56 Å². The molecule has 3 heterocycles. The van der Waals surface area contributed by atoms with Crippen LogP contribution in [0.5, 0.6) is 0 Å². The first kappa shape index (κ1) is 18.7. The van der Waals surface area contributed by atoms with E-state index in [4.69, 9.17) is 0 Å². The molecule has 148 valence electrons. The molecule has 4 rings (SSSR count). The average molecular weight is 380 g/mol. The van der Waals surface area contributed by atoms with Crippen molar-refractivity contribution in [3.8, 4) is 0 Å². The number of carbonyl (C=O) groups excluding carboxylic acids is 1. The molecule has 2 aromatic rings. The summed E-state index contributed by atoms with van der Waals surface area (Å²) in [6.07, 6.45) is 5.67. The molecule has 2 aliphatic heterocycles. The van der Waals surface area contributed by atoms with Gasteiger partial charge in [0.25, 0.3) is 5.91 Å². The molecular weight excluding hydrogens is 350 g/mol. The second kappa shape index (κ2) is 8.17. The molecule has 2 fully saturated rings. The van der Waals surface area contributed by atoms with Crippen molar-refractivity contribution in [2.75, 3.05) is 49.1 Å². The van der Waals surface area contributed by atoms with Crippen LogP contribution < -0.4 is 9.80 Å². The number of likely N-dealkylation sites (tertiary alicyclic amines) is 1. The average Bonchev–Trinajstić information content (AvgIpc) is 2.73. The zero-order valence-corrected chi connectivity index (χ0v) is 16.8. The van der Waals surface area contributed by atoms with E-state index in [0.717, 1.165) is 45.7 Å². The van der Waals surface area contributed by atoms with E-state index >= 15 is 0 Å². The molecule has 0 radical (unpaired) electrons. The van der Waals surface area contributed by atoms with Gasteiger partial charge in [-0.15, -0.1) is 0 Å². The van der Waals surface area contributed by atoms with E-state index in [1.165, 1.54) is 17.7 Å². The summed E-state index contributed by atoms with van der Waals surface area (Å²) in [7, 11) is 0. The highest BCUT2D eigenvalue weighted by Crippen LogP contribution is 2.20. The van der Waals surface area contributed by atoms with Crippen molar-refractivity contribution in [2.45, 2.75) is 26.7 Å². The van der Waals surface area contributed by atoms with E-state index in [-0.39, 0.29) is 5.91 Å². The maximum atomic E-state index is 12.7. The predicted octanol–water partition coefficient (Wildman–Crippen LogP) is 2.98. The summed E-state index contributed by atoms with van der Waals surface area (Å²) in [5.41, 5.74) is 3.15. The Morgan fingerprint density at radius 3 is 2.43 bits per heavy atom. The number of benzene rings is 1. The lowest BCUT2D eigenvalue weighted by Gasteiger charge is -2.36. The van der Waals surface area contributed by atoms with Crippen LogP contribution in [0.3, 0.4) is 0 Å². The van der Waals surface area contributed by atoms with E-state index < -0.39 is 0 Å². The monoisotopic (exact) mass is 379 g/mol. The summed E-state index contributed by atoms with van der Waals surface area (Å²) in [6, 6.07) is 8.63. The Kier molecular flexibility index (Phi) is 5.46. The summed E-state index contributed by atoms with van der Waals surface area (Å²) in [6.45, 7) is 9.65. The molecule has 0 aliphatic carbocycles. The molecule has 28 heavy (non-hydrogen) atoms. The summed E-state index contributed by atoms with van der Waals surface area (Å²) >= 11 is 0. The summed E-state index contributed by atoms with van der Waals surface area (Å²) in [4.78, 5) is 28.2. The van der Waals surface area contributed by atoms with Gasteiger partial charge in [-0.1, -0.05) is 19.1 Å². The third-order valence-electron chi connectivity index (χ3n) is 5.76. The Labute approximate surface area is 167 Å².